The van der Waals surface area contributed by atoms with E-state index < -0.39 is 0 Å². The first-order chi connectivity index (χ1) is 12.6. The average Bonchev–Trinajstić information content (AvgIpc) is 3.10. The van der Waals surface area contributed by atoms with Gasteiger partial charge in [-0.05, 0) is 48.6 Å². The molecule has 1 amide bonds. The van der Waals surface area contributed by atoms with Crippen LogP contribution in [0.2, 0.25) is 0 Å². The zero-order valence-corrected chi connectivity index (χ0v) is 14.5. The molecule has 1 aliphatic carbocycles. The van der Waals surface area contributed by atoms with E-state index in [-0.39, 0.29) is 17.8 Å². The van der Waals surface area contributed by atoms with E-state index >= 15 is 0 Å². The van der Waals surface area contributed by atoms with Crippen LogP contribution in [0.1, 0.15) is 34.7 Å². The van der Waals surface area contributed by atoms with Gasteiger partial charge in [0.25, 0.3) is 0 Å². The highest BCUT2D eigenvalue weighted by Crippen LogP contribution is 2.40. The van der Waals surface area contributed by atoms with E-state index in [1.54, 1.807) is 23.2 Å². The lowest BCUT2D eigenvalue weighted by atomic mass is 9.80. The normalized spacial score (nSPS) is 20.6. The van der Waals surface area contributed by atoms with Crippen molar-refractivity contribution in [2.45, 2.75) is 18.8 Å². The molecule has 0 bridgehead atoms. The largest absolute Gasteiger partial charge is 0.453 e. The van der Waals surface area contributed by atoms with Gasteiger partial charge in [0.15, 0.2) is 0 Å². The summed E-state index contributed by atoms with van der Waals surface area (Å²) in [4.78, 5) is 18.2. The molecule has 0 spiro atoms. The maximum Gasteiger partial charge on any atom is 0.409 e. The maximum atomic E-state index is 13.2. The number of likely N-dealkylation sites (tertiary alicyclic amines) is 1. The van der Waals surface area contributed by atoms with Crippen LogP contribution >= 0.6 is 0 Å². The van der Waals surface area contributed by atoms with E-state index in [0.29, 0.717) is 18.0 Å². The van der Waals surface area contributed by atoms with Crippen LogP contribution in [0.15, 0.2) is 36.5 Å². The van der Waals surface area contributed by atoms with Gasteiger partial charge in [-0.3, -0.25) is 4.98 Å². The first-order valence-corrected chi connectivity index (χ1v) is 8.73. The van der Waals surface area contributed by atoms with Crippen molar-refractivity contribution in [3.8, 4) is 11.8 Å². The summed E-state index contributed by atoms with van der Waals surface area (Å²) in [5.74, 6) is 6.48. The van der Waals surface area contributed by atoms with Crippen molar-refractivity contribution in [2.75, 3.05) is 20.2 Å². The van der Waals surface area contributed by atoms with Gasteiger partial charge in [-0.2, -0.15) is 0 Å². The summed E-state index contributed by atoms with van der Waals surface area (Å²) in [6.07, 6.45) is 3.48. The molecule has 0 N–H and O–H groups in total. The molecular formula is C21H19FN2O2. The molecule has 2 aromatic rings. The molecule has 132 valence electrons. The lowest BCUT2D eigenvalue weighted by Gasteiger charge is -2.25. The molecule has 1 aromatic heterocycles. The third-order valence-electron chi connectivity index (χ3n) is 5.19. The van der Waals surface area contributed by atoms with Crippen LogP contribution in [0.25, 0.3) is 0 Å². The minimum Gasteiger partial charge on any atom is -0.453 e. The van der Waals surface area contributed by atoms with Crippen molar-refractivity contribution in [3.63, 3.8) is 0 Å². The molecule has 0 radical (unpaired) electrons. The molecular weight excluding hydrogens is 331 g/mol. The molecule has 1 aromatic carbocycles. The second-order valence-electron chi connectivity index (χ2n) is 6.81. The minimum atomic E-state index is -0.289. The molecule has 1 aliphatic heterocycles. The summed E-state index contributed by atoms with van der Waals surface area (Å²) in [6.45, 7) is 1.39. The molecule has 2 atom stereocenters. The van der Waals surface area contributed by atoms with Gasteiger partial charge in [0.05, 0.1) is 7.11 Å². The number of hydrogen-bond donors (Lipinski definition) is 0. The van der Waals surface area contributed by atoms with Crippen molar-refractivity contribution in [1.29, 1.82) is 0 Å². The van der Waals surface area contributed by atoms with Gasteiger partial charge in [-0.15, -0.1) is 0 Å². The number of aryl methyl sites for hydroxylation is 1. The van der Waals surface area contributed by atoms with E-state index in [9.17, 15) is 9.18 Å². The van der Waals surface area contributed by atoms with Crippen molar-refractivity contribution in [1.82, 2.24) is 9.88 Å². The number of rotatable bonds is 0. The molecule has 4 rings (SSSR count). The smallest absolute Gasteiger partial charge is 0.409 e. The van der Waals surface area contributed by atoms with Gasteiger partial charge >= 0.3 is 6.09 Å². The summed E-state index contributed by atoms with van der Waals surface area (Å²) in [6, 6.07) is 8.33. The number of pyridine rings is 1. The number of methoxy groups -OCH3 is 1. The van der Waals surface area contributed by atoms with Crippen molar-refractivity contribution >= 4 is 6.09 Å². The van der Waals surface area contributed by atoms with Crippen molar-refractivity contribution in [3.05, 3.63) is 64.7 Å². The van der Waals surface area contributed by atoms with E-state index in [1.165, 1.54) is 24.8 Å². The Morgan fingerprint density at radius 2 is 2.12 bits per heavy atom. The van der Waals surface area contributed by atoms with E-state index in [2.05, 4.69) is 22.9 Å². The highest BCUT2D eigenvalue weighted by atomic mass is 19.1. The van der Waals surface area contributed by atoms with Gasteiger partial charge in [0.1, 0.15) is 5.82 Å². The van der Waals surface area contributed by atoms with Crippen LogP contribution in [0.3, 0.4) is 0 Å². The average molecular weight is 350 g/mol. The van der Waals surface area contributed by atoms with Crippen LogP contribution in [0.5, 0.6) is 0 Å². The summed E-state index contributed by atoms with van der Waals surface area (Å²) in [5, 5.41) is 0. The maximum absolute atomic E-state index is 13.2. The Labute approximate surface area is 152 Å². The molecule has 0 unspecified atom stereocenters. The number of fused-ring (bicyclic) bond motifs is 3. The number of carbonyl (C=O) groups excluding carboxylic acids is 1. The summed E-state index contributed by atoms with van der Waals surface area (Å²) in [5.41, 5.74) is 3.74. The molecule has 2 aliphatic rings. The molecule has 26 heavy (non-hydrogen) atoms. The Hall–Kier alpha value is -2.87. The van der Waals surface area contributed by atoms with Gasteiger partial charge in [-0.1, -0.05) is 17.9 Å². The fraction of sp³-hybridized carbons (Fsp3) is 0.333. The number of amides is 1. The zero-order chi connectivity index (χ0) is 18.1. The van der Waals surface area contributed by atoms with E-state index in [4.69, 9.17) is 4.74 Å². The first kappa shape index (κ1) is 16.6. The number of ether oxygens (including phenoxy) is 1. The number of aromatic nitrogens is 1. The number of hydrogen-bond acceptors (Lipinski definition) is 3. The monoisotopic (exact) mass is 350 g/mol. The third kappa shape index (κ3) is 3.15. The molecule has 2 heterocycles. The van der Waals surface area contributed by atoms with Gasteiger partial charge in [-0.25, -0.2) is 9.18 Å². The summed E-state index contributed by atoms with van der Waals surface area (Å²) < 4.78 is 18.1. The zero-order valence-electron chi connectivity index (χ0n) is 14.5. The second-order valence-corrected chi connectivity index (χ2v) is 6.81. The standard InChI is InChI=1S/C21H19FN2O2/c1-26-21(25)24-12-17-8-7-16-9-15(11-23-20(16)19(17)13-24)6-5-14-3-2-4-18(22)10-14/h2-4,9-11,17,19H,7-8,12-13H2,1H3/t17-,19+/m1/s1. The first-order valence-electron chi connectivity index (χ1n) is 8.73. The van der Waals surface area contributed by atoms with Crippen LogP contribution in [0.4, 0.5) is 9.18 Å². The van der Waals surface area contributed by atoms with Crippen molar-refractivity contribution in [2.24, 2.45) is 5.92 Å². The predicted octanol–water partition coefficient (Wildman–Crippen LogP) is 3.35. The van der Waals surface area contributed by atoms with E-state index in [1.807, 2.05) is 0 Å². The fourth-order valence-electron chi connectivity index (χ4n) is 3.93. The van der Waals surface area contributed by atoms with E-state index in [0.717, 1.165) is 30.6 Å². The Morgan fingerprint density at radius 1 is 1.27 bits per heavy atom. The van der Waals surface area contributed by atoms with Gasteiger partial charge in [0.2, 0.25) is 0 Å². The van der Waals surface area contributed by atoms with Gasteiger partial charge < -0.3 is 9.64 Å². The topological polar surface area (TPSA) is 42.4 Å². The number of benzene rings is 1. The lowest BCUT2D eigenvalue weighted by molar-refractivity contribution is 0.131. The Kier molecular flexibility index (Phi) is 4.34. The Bertz CT molecular complexity index is 916. The van der Waals surface area contributed by atoms with Crippen LogP contribution in [-0.4, -0.2) is 36.2 Å². The van der Waals surface area contributed by atoms with Crippen molar-refractivity contribution < 1.29 is 13.9 Å². The van der Waals surface area contributed by atoms with Crippen LogP contribution in [-0.2, 0) is 11.2 Å². The predicted molar refractivity (Wildman–Crippen MR) is 95.1 cm³/mol. The van der Waals surface area contributed by atoms with Crippen LogP contribution in [0, 0.1) is 23.6 Å². The highest BCUT2D eigenvalue weighted by molar-refractivity contribution is 5.68. The molecule has 1 fully saturated rings. The second kappa shape index (κ2) is 6.80. The number of nitrogens with zero attached hydrogens (tertiary/aromatic N) is 2. The number of halogens is 1. The lowest BCUT2D eigenvalue weighted by Crippen LogP contribution is -2.28. The summed E-state index contributed by atoms with van der Waals surface area (Å²) in [7, 11) is 1.42. The quantitative estimate of drug-likeness (QED) is 0.685. The third-order valence-corrected chi connectivity index (χ3v) is 5.19. The number of carbonyl (C=O) groups is 1. The molecule has 5 heteroatoms. The Morgan fingerprint density at radius 3 is 2.92 bits per heavy atom. The molecule has 4 nitrogen and oxygen atoms in total. The SMILES string of the molecule is COC(=O)N1C[C@H]2CCc3cc(C#Cc4cccc(F)c4)cnc3[C@H]2C1. The molecule has 0 saturated carbocycles. The molecule has 1 saturated heterocycles. The van der Waals surface area contributed by atoms with Crippen LogP contribution < -0.4 is 0 Å². The van der Waals surface area contributed by atoms with Gasteiger partial charge in [0, 0.05) is 42.0 Å². The fourth-order valence-corrected chi connectivity index (χ4v) is 3.93. The highest BCUT2D eigenvalue weighted by Gasteiger charge is 2.40. The minimum absolute atomic E-state index is 0.265. The summed E-state index contributed by atoms with van der Waals surface area (Å²) >= 11 is 0. The Balaban J connectivity index is 1.57.